The van der Waals surface area contributed by atoms with Crippen LogP contribution < -0.4 is 4.72 Å². The molecule has 5 nitrogen and oxygen atoms in total. The van der Waals surface area contributed by atoms with Gasteiger partial charge in [-0.1, -0.05) is 0 Å². The van der Waals surface area contributed by atoms with Gasteiger partial charge in [0.2, 0.25) is 0 Å². The summed E-state index contributed by atoms with van der Waals surface area (Å²) in [5, 5.41) is 8.85. The Morgan fingerprint density at radius 3 is 2.36 bits per heavy atom. The van der Waals surface area contributed by atoms with E-state index in [4.69, 9.17) is 5.11 Å². The van der Waals surface area contributed by atoms with Crippen molar-refractivity contribution in [2.75, 3.05) is 4.72 Å². The van der Waals surface area contributed by atoms with E-state index in [1.165, 1.54) is 25.1 Å². The molecule has 8 heteroatoms. The van der Waals surface area contributed by atoms with E-state index >= 15 is 0 Å². The Morgan fingerprint density at radius 1 is 1.14 bits per heavy atom. The third-order valence-corrected chi connectivity index (χ3v) is 4.30. The molecule has 0 aliphatic carbocycles. The zero-order valence-corrected chi connectivity index (χ0v) is 12.1. The fraction of sp³-hybridized carbons (Fsp3) is 0.0714. The topological polar surface area (TPSA) is 83.5 Å². The van der Waals surface area contributed by atoms with Crippen LogP contribution in [0.1, 0.15) is 15.9 Å². The average Bonchev–Trinajstić information content (AvgIpc) is 2.40. The minimum atomic E-state index is -4.26. The third kappa shape index (κ3) is 3.22. The summed E-state index contributed by atoms with van der Waals surface area (Å²) in [5.41, 5.74) is 0.452. The quantitative estimate of drug-likeness (QED) is 0.904. The molecule has 0 saturated carbocycles. The first-order chi connectivity index (χ1) is 10.2. The van der Waals surface area contributed by atoms with Gasteiger partial charge in [-0.2, -0.15) is 0 Å². The molecule has 0 aliphatic heterocycles. The lowest BCUT2D eigenvalue weighted by Gasteiger charge is -2.11. The van der Waals surface area contributed by atoms with Crippen LogP contribution in [0.15, 0.2) is 41.3 Å². The molecular weight excluding hydrogens is 316 g/mol. The predicted molar refractivity (Wildman–Crippen MR) is 75.3 cm³/mol. The molecule has 22 heavy (non-hydrogen) atoms. The number of anilines is 1. The van der Waals surface area contributed by atoms with E-state index in [0.717, 1.165) is 12.1 Å². The van der Waals surface area contributed by atoms with Gasteiger partial charge in [0, 0.05) is 6.07 Å². The molecule has 0 aliphatic rings. The zero-order chi connectivity index (χ0) is 16.5. The number of sulfonamides is 1. The van der Waals surface area contributed by atoms with Crippen LogP contribution in [0.5, 0.6) is 0 Å². The number of rotatable bonds is 4. The molecule has 0 radical (unpaired) electrons. The SMILES string of the molecule is Cc1cc(C(=O)O)ccc1NS(=O)(=O)c1ccc(F)cc1F. The smallest absolute Gasteiger partial charge is 0.335 e. The standard InChI is InChI=1S/C14H11F2NO4S/c1-8-6-9(14(18)19)2-4-12(8)17-22(20,21)13-5-3-10(15)7-11(13)16/h2-7,17H,1H3,(H,18,19). The van der Waals surface area contributed by atoms with Gasteiger partial charge in [-0.3, -0.25) is 4.72 Å². The van der Waals surface area contributed by atoms with Crippen molar-refractivity contribution in [2.24, 2.45) is 0 Å². The summed E-state index contributed by atoms with van der Waals surface area (Å²) in [7, 11) is -4.26. The summed E-state index contributed by atoms with van der Waals surface area (Å²) in [4.78, 5) is 10.1. The lowest BCUT2D eigenvalue weighted by atomic mass is 10.1. The van der Waals surface area contributed by atoms with Crippen LogP contribution in [0.3, 0.4) is 0 Å². The van der Waals surface area contributed by atoms with Crippen molar-refractivity contribution in [3.63, 3.8) is 0 Å². The van der Waals surface area contributed by atoms with E-state index in [1.807, 2.05) is 0 Å². The maximum atomic E-state index is 13.6. The summed E-state index contributed by atoms with van der Waals surface area (Å²) in [6, 6.07) is 5.87. The zero-order valence-electron chi connectivity index (χ0n) is 11.3. The average molecular weight is 327 g/mol. The number of carbonyl (C=O) groups is 1. The monoisotopic (exact) mass is 327 g/mol. The lowest BCUT2D eigenvalue weighted by Crippen LogP contribution is -2.15. The summed E-state index contributed by atoms with van der Waals surface area (Å²) in [5.74, 6) is -3.26. The van der Waals surface area contributed by atoms with Crippen molar-refractivity contribution in [1.29, 1.82) is 0 Å². The van der Waals surface area contributed by atoms with Gasteiger partial charge in [0.1, 0.15) is 16.5 Å². The Balaban J connectivity index is 2.39. The van der Waals surface area contributed by atoms with Gasteiger partial charge < -0.3 is 5.11 Å². The Morgan fingerprint density at radius 2 is 1.82 bits per heavy atom. The molecule has 0 bridgehead atoms. The van der Waals surface area contributed by atoms with Crippen molar-refractivity contribution in [3.8, 4) is 0 Å². The van der Waals surface area contributed by atoms with Gasteiger partial charge >= 0.3 is 5.97 Å². The van der Waals surface area contributed by atoms with Crippen molar-refractivity contribution in [3.05, 3.63) is 59.2 Å². The van der Waals surface area contributed by atoms with Crippen molar-refractivity contribution in [2.45, 2.75) is 11.8 Å². The molecular formula is C14H11F2NO4S. The molecule has 2 rings (SSSR count). The number of aromatic carboxylic acids is 1. The largest absolute Gasteiger partial charge is 0.478 e. The maximum Gasteiger partial charge on any atom is 0.335 e. The molecule has 0 fully saturated rings. The highest BCUT2D eigenvalue weighted by Gasteiger charge is 2.20. The highest BCUT2D eigenvalue weighted by atomic mass is 32.2. The molecule has 0 amide bonds. The molecule has 0 spiro atoms. The molecule has 0 saturated heterocycles. The second-order valence-electron chi connectivity index (χ2n) is 4.52. The number of aryl methyl sites for hydroxylation is 1. The van der Waals surface area contributed by atoms with Gasteiger partial charge in [0.05, 0.1) is 11.3 Å². The van der Waals surface area contributed by atoms with Gasteiger partial charge in [-0.05, 0) is 42.8 Å². The summed E-state index contributed by atoms with van der Waals surface area (Å²) in [6.07, 6.45) is 0. The maximum absolute atomic E-state index is 13.6. The second-order valence-corrected chi connectivity index (χ2v) is 6.17. The van der Waals surface area contributed by atoms with Gasteiger partial charge in [0.25, 0.3) is 10.0 Å². The van der Waals surface area contributed by atoms with E-state index in [1.54, 1.807) is 0 Å². The number of hydrogen-bond donors (Lipinski definition) is 2. The van der Waals surface area contributed by atoms with Crippen LogP contribution in [0.2, 0.25) is 0 Å². The molecule has 2 aromatic carbocycles. The molecule has 0 aromatic heterocycles. The van der Waals surface area contributed by atoms with Crippen LogP contribution in [0.4, 0.5) is 14.5 Å². The third-order valence-electron chi connectivity index (χ3n) is 2.90. The number of halogens is 2. The molecule has 116 valence electrons. The van der Waals surface area contributed by atoms with Crippen LogP contribution in [0.25, 0.3) is 0 Å². The van der Waals surface area contributed by atoms with Crippen molar-refractivity contribution in [1.82, 2.24) is 0 Å². The molecule has 2 N–H and O–H groups in total. The number of carboxylic acid groups (broad SMARTS) is 1. The van der Waals surface area contributed by atoms with Crippen LogP contribution >= 0.6 is 0 Å². The first-order valence-corrected chi connectivity index (χ1v) is 7.51. The molecule has 0 heterocycles. The van der Waals surface area contributed by atoms with Gasteiger partial charge in [-0.25, -0.2) is 22.0 Å². The highest BCUT2D eigenvalue weighted by Crippen LogP contribution is 2.23. The highest BCUT2D eigenvalue weighted by molar-refractivity contribution is 7.92. The second kappa shape index (κ2) is 5.72. The fourth-order valence-corrected chi connectivity index (χ4v) is 3.00. The first kappa shape index (κ1) is 15.9. The Bertz CT molecular complexity index is 850. The molecule has 0 unspecified atom stereocenters. The fourth-order valence-electron chi connectivity index (χ4n) is 1.80. The Labute approximate surface area is 125 Å². The van der Waals surface area contributed by atoms with E-state index in [9.17, 15) is 22.0 Å². The van der Waals surface area contributed by atoms with Gasteiger partial charge in [0.15, 0.2) is 0 Å². The van der Waals surface area contributed by atoms with E-state index in [0.29, 0.717) is 11.6 Å². The van der Waals surface area contributed by atoms with Crippen molar-refractivity contribution < 1.29 is 27.1 Å². The normalized spacial score (nSPS) is 11.2. The summed E-state index contributed by atoms with van der Waals surface area (Å²) < 4.78 is 52.8. The van der Waals surface area contributed by atoms with Crippen LogP contribution in [0, 0.1) is 18.6 Å². The Hall–Kier alpha value is -2.48. The van der Waals surface area contributed by atoms with Crippen LogP contribution in [-0.4, -0.2) is 19.5 Å². The van der Waals surface area contributed by atoms with E-state index < -0.39 is 32.5 Å². The van der Waals surface area contributed by atoms with Gasteiger partial charge in [-0.15, -0.1) is 0 Å². The minimum Gasteiger partial charge on any atom is -0.478 e. The van der Waals surface area contributed by atoms with E-state index in [-0.39, 0.29) is 11.3 Å². The number of carboxylic acids is 1. The number of nitrogens with one attached hydrogen (secondary N) is 1. The minimum absolute atomic E-state index is 0.00610. The summed E-state index contributed by atoms with van der Waals surface area (Å²) >= 11 is 0. The van der Waals surface area contributed by atoms with Crippen molar-refractivity contribution >= 4 is 21.7 Å². The predicted octanol–water partition coefficient (Wildman–Crippen LogP) is 2.77. The first-order valence-electron chi connectivity index (χ1n) is 6.02. The molecule has 2 aromatic rings. The van der Waals surface area contributed by atoms with Crippen LogP contribution in [-0.2, 0) is 10.0 Å². The Kier molecular flexibility index (Phi) is 4.14. The lowest BCUT2D eigenvalue weighted by molar-refractivity contribution is 0.0697. The number of benzene rings is 2. The molecule has 0 atom stereocenters. The van der Waals surface area contributed by atoms with E-state index in [2.05, 4.69) is 4.72 Å². The summed E-state index contributed by atoms with van der Waals surface area (Å²) in [6.45, 7) is 1.51. The number of hydrogen-bond acceptors (Lipinski definition) is 3.